The highest BCUT2D eigenvalue weighted by atomic mass is 79.9. The van der Waals surface area contributed by atoms with E-state index in [1.54, 1.807) is 18.2 Å². The fourth-order valence-corrected chi connectivity index (χ4v) is 2.24. The van der Waals surface area contributed by atoms with Crippen LogP contribution < -0.4 is 0 Å². The van der Waals surface area contributed by atoms with Crippen molar-refractivity contribution < 1.29 is 11.3 Å². The summed E-state index contributed by atoms with van der Waals surface area (Å²) in [5, 5.41) is 9.76. The van der Waals surface area contributed by atoms with Gasteiger partial charge in [0.2, 0.25) is 0 Å². The van der Waals surface area contributed by atoms with E-state index in [0.29, 0.717) is 14.5 Å². The topological polar surface area (TPSA) is 37.3 Å². The predicted octanol–water partition coefficient (Wildman–Crippen LogP) is 4.15. The zero-order valence-corrected chi connectivity index (χ0v) is 11.7. The monoisotopic (exact) mass is 355 g/mol. The van der Waals surface area contributed by atoms with Gasteiger partial charge in [-0.05, 0) is 30.3 Å². The maximum atomic E-state index is 12.3. The van der Waals surface area contributed by atoms with Crippen molar-refractivity contribution in [3.05, 3.63) is 62.5 Å². The average Bonchev–Trinajstić information content (AvgIpc) is 2.33. The molecule has 86 valence electrons. The molecule has 4 heteroatoms. The van der Waals surface area contributed by atoms with Gasteiger partial charge in [-0.15, -0.1) is 0 Å². The Kier molecular flexibility index (Phi) is 3.25. The van der Waals surface area contributed by atoms with Crippen molar-refractivity contribution in [1.29, 1.82) is 0 Å². The SMILES string of the molecule is [2H]c1cc(O)c(C(=O)c2ccccc2Br)cc1Br. The van der Waals surface area contributed by atoms with E-state index in [1.165, 1.54) is 12.1 Å². The van der Waals surface area contributed by atoms with Crippen molar-refractivity contribution in [2.45, 2.75) is 0 Å². The van der Waals surface area contributed by atoms with E-state index in [4.69, 9.17) is 1.37 Å². The molecule has 0 aromatic heterocycles. The average molecular weight is 357 g/mol. The third-order valence-electron chi connectivity index (χ3n) is 2.26. The molecule has 0 amide bonds. The van der Waals surface area contributed by atoms with Crippen molar-refractivity contribution in [3.8, 4) is 5.75 Å². The van der Waals surface area contributed by atoms with Crippen LogP contribution in [0.4, 0.5) is 0 Å². The highest BCUT2D eigenvalue weighted by Crippen LogP contribution is 2.27. The van der Waals surface area contributed by atoms with Gasteiger partial charge in [0, 0.05) is 14.5 Å². The molecule has 0 aliphatic carbocycles. The molecule has 0 fully saturated rings. The van der Waals surface area contributed by atoms with Gasteiger partial charge in [-0.1, -0.05) is 44.0 Å². The van der Waals surface area contributed by atoms with E-state index in [2.05, 4.69) is 31.9 Å². The summed E-state index contributed by atoms with van der Waals surface area (Å²) in [7, 11) is 0. The molecule has 0 saturated carbocycles. The molecule has 2 aromatic carbocycles. The molecule has 0 atom stereocenters. The first-order valence-electron chi connectivity index (χ1n) is 5.29. The Hall–Kier alpha value is -1.13. The Labute approximate surface area is 117 Å². The summed E-state index contributed by atoms with van der Waals surface area (Å²) in [4.78, 5) is 12.3. The second-order valence-corrected chi connectivity index (χ2v) is 5.10. The minimum Gasteiger partial charge on any atom is -0.507 e. The zero-order chi connectivity index (χ0) is 13.3. The molecule has 0 spiro atoms. The number of hydrogen-bond acceptors (Lipinski definition) is 2. The fraction of sp³-hybridized carbons (Fsp3) is 0. The van der Waals surface area contributed by atoms with Crippen LogP contribution in [-0.2, 0) is 0 Å². The van der Waals surface area contributed by atoms with Crippen molar-refractivity contribution in [1.82, 2.24) is 0 Å². The second kappa shape index (κ2) is 5.02. The van der Waals surface area contributed by atoms with Crippen LogP contribution in [0.25, 0.3) is 0 Å². The summed E-state index contributed by atoms with van der Waals surface area (Å²) in [5.41, 5.74) is 0.641. The largest absolute Gasteiger partial charge is 0.507 e. The van der Waals surface area contributed by atoms with Gasteiger partial charge in [-0.3, -0.25) is 4.79 Å². The lowest BCUT2D eigenvalue weighted by Gasteiger charge is -2.06. The Morgan fingerprint density at radius 2 is 1.88 bits per heavy atom. The number of ketones is 1. The molecule has 2 nitrogen and oxygen atoms in total. The van der Waals surface area contributed by atoms with Crippen molar-refractivity contribution in [2.75, 3.05) is 0 Å². The van der Waals surface area contributed by atoms with E-state index in [9.17, 15) is 9.90 Å². The fourth-order valence-electron chi connectivity index (χ4n) is 1.43. The van der Waals surface area contributed by atoms with E-state index in [1.807, 2.05) is 6.07 Å². The molecule has 0 radical (unpaired) electrons. The molecule has 0 saturated heterocycles. The van der Waals surface area contributed by atoms with Gasteiger partial charge >= 0.3 is 0 Å². The van der Waals surface area contributed by atoms with E-state index in [0.717, 1.165) is 0 Å². The molecule has 2 rings (SSSR count). The van der Waals surface area contributed by atoms with Crippen LogP contribution in [0.5, 0.6) is 5.75 Å². The molecule has 1 N–H and O–H groups in total. The first kappa shape index (κ1) is 11.0. The molecule has 0 heterocycles. The van der Waals surface area contributed by atoms with Gasteiger partial charge < -0.3 is 5.11 Å². The standard InChI is InChI=1S/C13H8Br2O2/c14-8-5-6-12(16)10(7-8)13(17)9-3-1-2-4-11(9)15/h1-7,16H/i5D. The number of benzene rings is 2. The highest BCUT2D eigenvalue weighted by molar-refractivity contribution is 9.10. The van der Waals surface area contributed by atoms with Gasteiger partial charge in [0.15, 0.2) is 5.78 Å². The molecule has 0 aliphatic heterocycles. The Balaban J connectivity index is 2.53. The molecule has 2 aromatic rings. The van der Waals surface area contributed by atoms with Crippen molar-refractivity contribution >= 4 is 37.6 Å². The summed E-state index contributed by atoms with van der Waals surface area (Å²) in [6, 6.07) is 9.84. The number of phenolic OH excluding ortho intramolecular Hbond substituents is 1. The summed E-state index contributed by atoms with van der Waals surface area (Å²) < 4.78 is 8.65. The van der Waals surface area contributed by atoms with Crippen LogP contribution in [0.15, 0.2) is 51.4 Å². The lowest BCUT2D eigenvalue weighted by Crippen LogP contribution is -2.02. The maximum absolute atomic E-state index is 12.3. The minimum absolute atomic E-state index is 0.135. The van der Waals surface area contributed by atoms with Crippen molar-refractivity contribution in [2.24, 2.45) is 0 Å². The van der Waals surface area contributed by atoms with Crippen LogP contribution >= 0.6 is 31.9 Å². The van der Waals surface area contributed by atoms with Gasteiger partial charge in [0.05, 0.1) is 6.93 Å². The zero-order valence-electron chi connectivity index (χ0n) is 9.58. The third-order valence-corrected chi connectivity index (χ3v) is 3.41. The predicted molar refractivity (Wildman–Crippen MR) is 73.4 cm³/mol. The molecule has 0 unspecified atom stereocenters. The first-order chi connectivity index (χ1) is 8.50. The number of halogens is 2. The third kappa shape index (κ3) is 2.58. The van der Waals surface area contributed by atoms with Crippen LogP contribution in [0.2, 0.25) is 0 Å². The number of rotatable bonds is 2. The van der Waals surface area contributed by atoms with Gasteiger partial charge in [-0.2, -0.15) is 0 Å². The minimum atomic E-state index is -0.291. The maximum Gasteiger partial charge on any atom is 0.197 e. The lowest BCUT2D eigenvalue weighted by atomic mass is 10.0. The number of carbonyl (C=O) groups is 1. The van der Waals surface area contributed by atoms with E-state index < -0.39 is 0 Å². The van der Waals surface area contributed by atoms with Crippen molar-refractivity contribution in [3.63, 3.8) is 0 Å². The highest BCUT2D eigenvalue weighted by Gasteiger charge is 2.15. The van der Waals surface area contributed by atoms with Gasteiger partial charge in [-0.25, -0.2) is 0 Å². The lowest BCUT2D eigenvalue weighted by molar-refractivity contribution is 0.103. The first-order valence-corrected chi connectivity index (χ1v) is 6.37. The molecular formula is C13H8Br2O2. The second-order valence-electron chi connectivity index (χ2n) is 3.39. The van der Waals surface area contributed by atoms with Crippen LogP contribution in [0.3, 0.4) is 0 Å². The molecule has 17 heavy (non-hydrogen) atoms. The summed E-state index contributed by atoms with van der Waals surface area (Å²) in [6.45, 7) is 0. The smallest absolute Gasteiger partial charge is 0.197 e. The Morgan fingerprint density at radius 1 is 1.18 bits per heavy atom. The number of aromatic hydroxyl groups is 1. The van der Waals surface area contributed by atoms with Gasteiger partial charge in [0.1, 0.15) is 5.75 Å². The molecular weight excluding hydrogens is 348 g/mol. The molecule has 0 aliphatic rings. The normalized spacial score (nSPS) is 11.1. The Bertz CT molecular complexity index is 626. The quantitative estimate of drug-likeness (QED) is 0.821. The van der Waals surface area contributed by atoms with E-state index in [-0.39, 0.29) is 23.1 Å². The summed E-state index contributed by atoms with van der Waals surface area (Å²) >= 11 is 6.48. The van der Waals surface area contributed by atoms with E-state index >= 15 is 0 Å². The number of hydrogen-bond donors (Lipinski definition) is 1. The van der Waals surface area contributed by atoms with Gasteiger partial charge in [0.25, 0.3) is 0 Å². The number of carbonyl (C=O) groups excluding carboxylic acids is 1. The summed E-state index contributed by atoms with van der Waals surface area (Å²) in [5.74, 6) is -0.482. The van der Waals surface area contributed by atoms with Crippen LogP contribution in [-0.4, -0.2) is 10.9 Å². The summed E-state index contributed by atoms with van der Waals surface area (Å²) in [6.07, 6.45) is 0. The molecule has 0 bridgehead atoms. The Morgan fingerprint density at radius 3 is 2.59 bits per heavy atom. The van der Waals surface area contributed by atoms with Crippen LogP contribution in [0, 0.1) is 0 Å². The van der Waals surface area contributed by atoms with Crippen LogP contribution in [0.1, 0.15) is 17.3 Å². The number of phenols is 1.